The second-order valence-corrected chi connectivity index (χ2v) is 14.4. The molecule has 2 heterocycles. The van der Waals surface area contributed by atoms with Crippen LogP contribution >= 0.6 is 0 Å². The van der Waals surface area contributed by atoms with E-state index in [9.17, 15) is 24.9 Å². The predicted molar refractivity (Wildman–Crippen MR) is 176 cm³/mol. The van der Waals surface area contributed by atoms with E-state index in [0.717, 1.165) is 40.8 Å². The zero-order valence-corrected chi connectivity index (χ0v) is 28.7. The maximum absolute atomic E-state index is 12.9. The Morgan fingerprint density at radius 2 is 1.67 bits per heavy atom. The summed E-state index contributed by atoms with van der Waals surface area (Å²) in [7, 11) is 5.58. The topological polar surface area (TPSA) is 132 Å². The first-order valence-electron chi connectivity index (χ1n) is 16.2. The van der Waals surface area contributed by atoms with E-state index in [1.165, 1.54) is 0 Å². The van der Waals surface area contributed by atoms with Gasteiger partial charge >= 0.3 is 0 Å². The highest BCUT2D eigenvalue weighted by molar-refractivity contribution is 5.90. The summed E-state index contributed by atoms with van der Waals surface area (Å²) in [6, 6.07) is 14.3. The van der Waals surface area contributed by atoms with Crippen LogP contribution in [0.5, 0.6) is 0 Å². The molecule has 4 rings (SSSR count). The molecule has 0 spiro atoms. The second kappa shape index (κ2) is 13.7. The second-order valence-electron chi connectivity index (χ2n) is 14.4. The van der Waals surface area contributed by atoms with E-state index in [2.05, 4.69) is 29.6 Å². The Kier molecular flexibility index (Phi) is 10.7. The number of nitrogens with zero attached hydrogens (tertiary/aromatic N) is 2. The maximum atomic E-state index is 12.9. The van der Waals surface area contributed by atoms with Gasteiger partial charge in [-0.15, -0.1) is 0 Å². The number of carbonyl (C=O) groups is 2. The molecule has 0 unspecified atom stereocenters. The van der Waals surface area contributed by atoms with Crippen molar-refractivity contribution in [1.82, 2.24) is 15.1 Å². The van der Waals surface area contributed by atoms with Crippen LogP contribution in [0.3, 0.4) is 0 Å². The number of carbonyl (C=O) groups excluding carboxylic acids is 2. The minimum absolute atomic E-state index is 0.0363. The summed E-state index contributed by atoms with van der Waals surface area (Å²) in [5.41, 5.74) is 1.36. The summed E-state index contributed by atoms with van der Waals surface area (Å²) in [6.07, 6.45) is 0.122. The number of amides is 2. The molecule has 0 aromatic heterocycles. The van der Waals surface area contributed by atoms with Gasteiger partial charge in [0.25, 0.3) is 0 Å². The number of hydrogen-bond donors (Lipinski definition) is 4. The molecule has 2 amide bonds. The summed E-state index contributed by atoms with van der Waals surface area (Å²) < 4.78 is 12.5. The average Bonchev–Trinajstić information content (AvgIpc) is 3.35. The number of aryl methyl sites for hydroxylation is 2. The fraction of sp³-hybridized carbons (Fsp3) is 0.611. The largest absolute Gasteiger partial charge is 0.390 e. The molecule has 0 radical (unpaired) electrons. The molecule has 254 valence electrons. The quantitative estimate of drug-likeness (QED) is 0.263. The van der Waals surface area contributed by atoms with Gasteiger partial charge in [-0.05, 0) is 96.3 Å². The van der Waals surface area contributed by atoms with E-state index in [0.29, 0.717) is 25.8 Å². The van der Waals surface area contributed by atoms with Crippen molar-refractivity contribution >= 4 is 11.8 Å². The molecule has 2 saturated heterocycles. The van der Waals surface area contributed by atoms with Gasteiger partial charge in [-0.3, -0.25) is 9.59 Å². The maximum Gasteiger partial charge on any atom is 0.245 e. The highest BCUT2D eigenvalue weighted by Gasteiger charge is 2.67. The zero-order valence-electron chi connectivity index (χ0n) is 28.7. The van der Waals surface area contributed by atoms with Gasteiger partial charge < -0.3 is 39.9 Å². The summed E-state index contributed by atoms with van der Waals surface area (Å²) in [6.45, 7) is 9.93. The number of nitrogens with one attached hydrogen (secondary N) is 1. The minimum atomic E-state index is -1.44. The molecule has 2 fully saturated rings. The summed E-state index contributed by atoms with van der Waals surface area (Å²) in [4.78, 5) is 29.2. The van der Waals surface area contributed by atoms with Crippen molar-refractivity contribution in [1.29, 1.82) is 0 Å². The predicted octanol–water partition coefficient (Wildman–Crippen LogP) is 2.66. The third-order valence-corrected chi connectivity index (χ3v) is 9.90. The minimum Gasteiger partial charge on any atom is -0.390 e. The van der Waals surface area contributed by atoms with Crippen LogP contribution < -0.4 is 5.32 Å². The number of likely N-dealkylation sites (N-methyl/N-ethyl adjacent to an activating group) is 2. The molecule has 46 heavy (non-hydrogen) atoms. The average molecular weight is 640 g/mol. The Balaban J connectivity index is 1.35. The van der Waals surface area contributed by atoms with Gasteiger partial charge in [0.05, 0.1) is 18.3 Å². The molecular weight excluding hydrogens is 586 g/mol. The lowest BCUT2D eigenvalue weighted by atomic mass is 9.76. The van der Waals surface area contributed by atoms with Gasteiger partial charge in [0.1, 0.15) is 11.6 Å². The summed E-state index contributed by atoms with van der Waals surface area (Å²) >= 11 is 0. The van der Waals surface area contributed by atoms with Crippen molar-refractivity contribution < 1.29 is 34.4 Å². The van der Waals surface area contributed by atoms with Gasteiger partial charge in [0.2, 0.25) is 11.8 Å². The van der Waals surface area contributed by atoms with Gasteiger partial charge in [0, 0.05) is 38.5 Å². The molecule has 0 saturated carbocycles. The molecule has 10 nitrogen and oxygen atoms in total. The fourth-order valence-corrected chi connectivity index (χ4v) is 6.27. The number of fused-ring (bicyclic) bond motifs is 2. The van der Waals surface area contributed by atoms with Crippen LogP contribution in [-0.2, 0) is 37.7 Å². The van der Waals surface area contributed by atoms with Crippen molar-refractivity contribution in [3.63, 3.8) is 0 Å². The lowest BCUT2D eigenvalue weighted by Gasteiger charge is -2.48. The molecular formula is C36H53N3O7. The molecule has 4 atom stereocenters. The third-order valence-electron chi connectivity index (χ3n) is 9.90. The first-order chi connectivity index (χ1) is 21.4. The normalized spacial score (nSPS) is 24.7. The molecule has 0 aliphatic carbocycles. The number of aliphatic hydroxyl groups is 3. The van der Waals surface area contributed by atoms with E-state index in [1.807, 2.05) is 44.1 Å². The number of rotatable bonds is 13. The van der Waals surface area contributed by atoms with Gasteiger partial charge in [-0.1, -0.05) is 36.4 Å². The Morgan fingerprint density at radius 3 is 2.30 bits per heavy atom. The van der Waals surface area contributed by atoms with Crippen LogP contribution in [0.1, 0.15) is 74.8 Å². The molecule has 2 aliphatic heterocycles. The van der Waals surface area contributed by atoms with Crippen LogP contribution in [0.25, 0.3) is 0 Å². The number of ether oxygens (including phenoxy) is 2. The van der Waals surface area contributed by atoms with Crippen molar-refractivity contribution in [2.75, 3.05) is 40.8 Å². The zero-order chi connectivity index (χ0) is 34.1. The number of benzene rings is 2. The monoisotopic (exact) mass is 639 g/mol. The smallest absolute Gasteiger partial charge is 0.245 e. The SMILES string of the molecule is Cc1ccc([C@]23C[C@@H](O)[C@H](O)[C@](C(C)(C)O)(CO2)O3)cc1Cc1ccc(CCCC(=O)N(C)C(C)(C)C(=O)NCCN(C)C)cc1. The fourth-order valence-electron chi connectivity index (χ4n) is 6.27. The van der Waals surface area contributed by atoms with E-state index in [1.54, 1.807) is 39.6 Å². The van der Waals surface area contributed by atoms with Crippen molar-refractivity contribution in [2.45, 2.75) is 101 Å². The molecule has 2 aromatic rings. The van der Waals surface area contributed by atoms with Crippen LogP contribution in [0, 0.1) is 6.92 Å². The van der Waals surface area contributed by atoms with Crippen LogP contribution in [0.4, 0.5) is 0 Å². The van der Waals surface area contributed by atoms with E-state index < -0.39 is 34.7 Å². The summed E-state index contributed by atoms with van der Waals surface area (Å²) in [5.74, 6) is -1.49. The standard InChI is InChI=1S/C36H53N3O7/c1-24-12-17-28(36-22-29(40)31(42)35(46-36,23-45-36)34(4,5)44)21-27(24)20-26-15-13-25(14-16-26)10-9-11-30(41)39(8)33(2,3)32(43)37-18-19-38(6)7/h12-17,21,29,31,40,42,44H,9-11,18-20,22-23H2,1-8H3,(H,37,43)/t29-,31+,35+,36-/m1/s1. The van der Waals surface area contributed by atoms with E-state index in [-0.39, 0.29) is 24.8 Å². The van der Waals surface area contributed by atoms with Gasteiger partial charge in [-0.2, -0.15) is 0 Å². The van der Waals surface area contributed by atoms with Crippen molar-refractivity contribution in [2.24, 2.45) is 0 Å². The molecule has 4 N–H and O–H groups in total. The van der Waals surface area contributed by atoms with Crippen molar-refractivity contribution in [3.8, 4) is 0 Å². The van der Waals surface area contributed by atoms with E-state index in [4.69, 9.17) is 9.47 Å². The van der Waals surface area contributed by atoms with Crippen molar-refractivity contribution in [3.05, 3.63) is 70.3 Å². The number of hydrogen-bond acceptors (Lipinski definition) is 8. The van der Waals surface area contributed by atoms with Crippen LogP contribution in [0.2, 0.25) is 0 Å². The lowest BCUT2D eigenvalue weighted by molar-refractivity contribution is -0.308. The molecule has 2 aliphatic rings. The Labute approximate surface area is 273 Å². The molecule has 2 aromatic carbocycles. The molecule has 10 heteroatoms. The first-order valence-corrected chi connectivity index (χ1v) is 16.2. The van der Waals surface area contributed by atoms with Crippen LogP contribution in [0.15, 0.2) is 42.5 Å². The highest BCUT2D eigenvalue weighted by atomic mass is 16.8. The third kappa shape index (κ3) is 7.32. The number of aliphatic hydroxyl groups excluding tert-OH is 2. The molecule has 2 bridgehead atoms. The Bertz CT molecular complexity index is 1390. The first kappa shape index (κ1) is 36.0. The Morgan fingerprint density at radius 1 is 1.02 bits per heavy atom. The summed E-state index contributed by atoms with van der Waals surface area (Å²) in [5, 5.41) is 35.3. The van der Waals surface area contributed by atoms with E-state index >= 15 is 0 Å². The Hall–Kier alpha value is -2.86. The van der Waals surface area contributed by atoms with Gasteiger partial charge in [-0.25, -0.2) is 0 Å². The van der Waals surface area contributed by atoms with Crippen LogP contribution in [-0.4, -0.2) is 107 Å². The van der Waals surface area contributed by atoms with Gasteiger partial charge in [0.15, 0.2) is 11.4 Å². The lowest BCUT2D eigenvalue weighted by Crippen LogP contribution is -2.66. The highest BCUT2D eigenvalue weighted by Crippen LogP contribution is 2.53.